The van der Waals surface area contributed by atoms with Gasteiger partial charge < -0.3 is 24.4 Å². The van der Waals surface area contributed by atoms with E-state index in [4.69, 9.17) is 14.2 Å². The van der Waals surface area contributed by atoms with E-state index >= 15 is 0 Å². The van der Waals surface area contributed by atoms with Crippen LogP contribution in [0.4, 0.5) is 4.79 Å². The van der Waals surface area contributed by atoms with Gasteiger partial charge in [-0.1, -0.05) is 143 Å². The smallest absolute Gasteiger partial charge is 0.407 e. The molecule has 0 aromatic carbocycles. The third-order valence-electron chi connectivity index (χ3n) is 10.2. The number of carbonyl (C=O) groups is 3. The van der Waals surface area contributed by atoms with Gasteiger partial charge in [0.25, 0.3) is 0 Å². The summed E-state index contributed by atoms with van der Waals surface area (Å²) in [5, 5.41) is 2.92. The molecule has 0 spiro atoms. The lowest BCUT2D eigenvalue weighted by atomic mass is 10.1. The average Bonchev–Trinajstić information content (AvgIpc) is 3.15. The van der Waals surface area contributed by atoms with Crippen LogP contribution >= 0.6 is 0 Å². The van der Waals surface area contributed by atoms with Gasteiger partial charge in [-0.05, 0) is 77.7 Å². The second-order valence-electron chi connectivity index (χ2n) is 15.0. The Morgan fingerprint density at radius 1 is 0.396 bits per heavy atom. The van der Waals surface area contributed by atoms with Crippen LogP contribution in [0.15, 0.2) is 0 Å². The van der Waals surface area contributed by atoms with Crippen molar-refractivity contribution in [1.82, 2.24) is 15.1 Å². The van der Waals surface area contributed by atoms with E-state index in [1.54, 1.807) is 0 Å². The number of esters is 2. The van der Waals surface area contributed by atoms with Crippen LogP contribution in [0.2, 0.25) is 0 Å². The largest absolute Gasteiger partial charge is 0.466 e. The molecule has 0 radical (unpaired) electrons. The highest BCUT2D eigenvalue weighted by atomic mass is 16.5. The maximum Gasteiger partial charge on any atom is 0.407 e. The fourth-order valence-electron chi connectivity index (χ4n) is 6.59. The van der Waals surface area contributed by atoms with E-state index in [9.17, 15) is 14.4 Å². The number of unbranched alkanes of at least 4 members (excludes halogenated alkanes) is 20. The number of hydrogen-bond acceptors (Lipinski definition) is 8. The number of amides is 1. The van der Waals surface area contributed by atoms with Crippen molar-refractivity contribution in [2.45, 2.75) is 201 Å². The number of nitrogens with zero attached hydrogens (tertiary/aromatic N) is 2. The van der Waals surface area contributed by atoms with Crippen molar-refractivity contribution in [1.29, 1.82) is 0 Å². The van der Waals surface area contributed by atoms with Crippen LogP contribution in [0.3, 0.4) is 0 Å². The molecule has 0 aromatic heterocycles. The number of hydrogen-bond donors (Lipinski definition) is 1. The summed E-state index contributed by atoms with van der Waals surface area (Å²) >= 11 is 0. The van der Waals surface area contributed by atoms with Crippen molar-refractivity contribution in [3.8, 4) is 0 Å². The number of nitrogens with one attached hydrogen (secondary N) is 1. The van der Waals surface area contributed by atoms with E-state index in [1.165, 1.54) is 103 Å². The molecule has 0 bridgehead atoms. The second-order valence-corrected chi connectivity index (χ2v) is 15.0. The van der Waals surface area contributed by atoms with Gasteiger partial charge in [0.1, 0.15) is 6.61 Å². The van der Waals surface area contributed by atoms with Crippen molar-refractivity contribution in [3.63, 3.8) is 0 Å². The molecule has 9 heteroatoms. The lowest BCUT2D eigenvalue weighted by molar-refractivity contribution is -0.144. The first kappa shape index (κ1) is 51.1. The standard InChI is InChI=1S/C44H87N3O6/c1-5-9-11-29-39-51-42(48)32-25-21-17-13-15-19-23-27-35-47(38-41-53-44(50)45-34-31-37-46(7-3)8-4)36-28-24-20-16-14-18-22-26-33-43(49)52-40-30-12-10-6-2/h5-41H2,1-4H3,(H,45,50). The topological polar surface area (TPSA) is 97.4 Å². The minimum Gasteiger partial charge on any atom is -0.466 e. The molecule has 1 amide bonds. The zero-order valence-corrected chi connectivity index (χ0v) is 35.5. The highest BCUT2D eigenvalue weighted by Gasteiger charge is 2.09. The maximum atomic E-state index is 12.3. The number of alkyl carbamates (subject to hydrolysis) is 1. The molecule has 0 aromatic rings. The quantitative estimate of drug-likeness (QED) is 0.0374. The van der Waals surface area contributed by atoms with Crippen LogP contribution in [-0.4, -0.2) is 93.5 Å². The minimum atomic E-state index is -0.303. The van der Waals surface area contributed by atoms with Crippen LogP contribution in [0.25, 0.3) is 0 Å². The van der Waals surface area contributed by atoms with E-state index in [2.05, 4.69) is 42.8 Å². The summed E-state index contributed by atoms with van der Waals surface area (Å²) in [5.41, 5.74) is 0. The average molecular weight is 754 g/mol. The summed E-state index contributed by atoms with van der Waals surface area (Å²) in [7, 11) is 0. The van der Waals surface area contributed by atoms with Crippen molar-refractivity contribution < 1.29 is 28.6 Å². The molecular weight excluding hydrogens is 666 g/mol. The Morgan fingerprint density at radius 2 is 0.792 bits per heavy atom. The highest BCUT2D eigenvalue weighted by molar-refractivity contribution is 5.69. The van der Waals surface area contributed by atoms with Gasteiger partial charge in [0.2, 0.25) is 0 Å². The van der Waals surface area contributed by atoms with E-state index < -0.39 is 0 Å². The number of carbonyl (C=O) groups excluding carboxylic acids is 3. The molecule has 0 heterocycles. The van der Waals surface area contributed by atoms with Gasteiger partial charge in [0.15, 0.2) is 0 Å². The van der Waals surface area contributed by atoms with E-state index in [1.807, 2.05) is 0 Å². The lowest BCUT2D eigenvalue weighted by Gasteiger charge is -2.22. The SMILES string of the molecule is CCCCCCOC(=O)CCCCCCCCCCN(CCCCCCCCCCC(=O)OCCCCCC)CCOC(=O)NCCCN(CC)CC. The van der Waals surface area contributed by atoms with Gasteiger partial charge >= 0.3 is 18.0 Å². The fraction of sp³-hybridized carbons (Fsp3) is 0.932. The van der Waals surface area contributed by atoms with Gasteiger partial charge in [-0.25, -0.2) is 4.79 Å². The first-order valence-corrected chi connectivity index (χ1v) is 22.6. The Morgan fingerprint density at radius 3 is 1.23 bits per heavy atom. The normalized spacial score (nSPS) is 11.4. The second kappa shape index (κ2) is 41.3. The van der Waals surface area contributed by atoms with E-state index in [-0.39, 0.29) is 18.0 Å². The molecule has 9 nitrogen and oxygen atoms in total. The van der Waals surface area contributed by atoms with Crippen LogP contribution in [0, 0.1) is 0 Å². The number of rotatable bonds is 41. The van der Waals surface area contributed by atoms with Crippen LogP contribution in [0.1, 0.15) is 201 Å². The Bertz CT molecular complexity index is 764. The van der Waals surface area contributed by atoms with Crippen molar-refractivity contribution in [2.24, 2.45) is 0 Å². The van der Waals surface area contributed by atoms with Gasteiger partial charge in [-0.2, -0.15) is 0 Å². The first-order chi connectivity index (χ1) is 26.0. The third-order valence-corrected chi connectivity index (χ3v) is 10.2. The molecule has 314 valence electrons. The molecule has 0 aliphatic carbocycles. The summed E-state index contributed by atoms with van der Waals surface area (Å²) < 4.78 is 16.2. The first-order valence-electron chi connectivity index (χ1n) is 22.6. The number of ether oxygens (including phenoxy) is 3. The zero-order valence-electron chi connectivity index (χ0n) is 35.5. The molecule has 53 heavy (non-hydrogen) atoms. The van der Waals surface area contributed by atoms with Gasteiger partial charge in [-0.15, -0.1) is 0 Å². The molecule has 0 saturated carbocycles. The third kappa shape index (κ3) is 38.2. The molecular formula is C44H87N3O6. The molecule has 0 saturated heterocycles. The van der Waals surface area contributed by atoms with Crippen molar-refractivity contribution in [3.05, 3.63) is 0 Å². The van der Waals surface area contributed by atoms with Crippen LogP contribution < -0.4 is 5.32 Å². The fourth-order valence-corrected chi connectivity index (χ4v) is 6.59. The molecule has 0 aliphatic heterocycles. The molecule has 0 aliphatic rings. The summed E-state index contributed by atoms with van der Waals surface area (Å²) in [5.74, 6) is -0.0584. The Labute approximate surface area is 327 Å². The summed E-state index contributed by atoms with van der Waals surface area (Å²) in [6.07, 6.45) is 29.6. The van der Waals surface area contributed by atoms with Gasteiger partial charge in [0, 0.05) is 25.9 Å². The predicted molar refractivity (Wildman–Crippen MR) is 222 cm³/mol. The van der Waals surface area contributed by atoms with Crippen LogP contribution in [-0.2, 0) is 23.8 Å². The van der Waals surface area contributed by atoms with E-state index in [0.29, 0.717) is 39.2 Å². The molecule has 1 N–H and O–H groups in total. The minimum absolute atomic E-state index is 0.0292. The summed E-state index contributed by atoms with van der Waals surface area (Å²) in [4.78, 5) is 40.9. The molecule has 0 rings (SSSR count). The van der Waals surface area contributed by atoms with Crippen molar-refractivity contribution >= 4 is 18.0 Å². The van der Waals surface area contributed by atoms with Gasteiger partial charge in [0.05, 0.1) is 13.2 Å². The Kier molecular flexibility index (Phi) is 39.8. The van der Waals surface area contributed by atoms with Gasteiger partial charge in [-0.3, -0.25) is 14.5 Å². The monoisotopic (exact) mass is 754 g/mol. The predicted octanol–water partition coefficient (Wildman–Crippen LogP) is 11.0. The van der Waals surface area contributed by atoms with Crippen LogP contribution in [0.5, 0.6) is 0 Å². The Hall–Kier alpha value is -1.87. The lowest BCUT2D eigenvalue weighted by Crippen LogP contribution is -2.33. The highest BCUT2D eigenvalue weighted by Crippen LogP contribution is 2.13. The summed E-state index contributed by atoms with van der Waals surface area (Å²) in [6.45, 7) is 16.9. The molecule has 0 fully saturated rings. The Balaban J connectivity index is 4.16. The van der Waals surface area contributed by atoms with E-state index in [0.717, 1.165) is 97.1 Å². The molecule has 0 atom stereocenters. The summed E-state index contributed by atoms with van der Waals surface area (Å²) in [6, 6.07) is 0. The molecule has 0 unspecified atom stereocenters. The zero-order chi connectivity index (χ0) is 38.9. The van der Waals surface area contributed by atoms with Crippen molar-refractivity contribution in [2.75, 3.05) is 65.6 Å². The maximum absolute atomic E-state index is 12.3.